The number of amides is 1. The third kappa shape index (κ3) is 3.88. The Morgan fingerprint density at radius 2 is 2.00 bits per heavy atom. The van der Waals surface area contributed by atoms with E-state index in [1.54, 1.807) is 7.11 Å². The summed E-state index contributed by atoms with van der Waals surface area (Å²) in [6.45, 7) is 4.12. The van der Waals surface area contributed by atoms with Crippen LogP contribution in [0.3, 0.4) is 0 Å². The molecule has 1 aromatic heterocycles. The van der Waals surface area contributed by atoms with Gasteiger partial charge in [-0.05, 0) is 55.3 Å². The molecule has 124 valence electrons. The summed E-state index contributed by atoms with van der Waals surface area (Å²) in [4.78, 5) is 17.7. The maximum Gasteiger partial charge on any atom is 0.236 e. The fourth-order valence-corrected chi connectivity index (χ4v) is 4.04. The van der Waals surface area contributed by atoms with E-state index in [9.17, 15) is 4.79 Å². The van der Waals surface area contributed by atoms with E-state index in [2.05, 4.69) is 30.2 Å². The van der Waals surface area contributed by atoms with Crippen LogP contribution in [0.2, 0.25) is 0 Å². The van der Waals surface area contributed by atoms with Crippen molar-refractivity contribution in [2.24, 2.45) is 0 Å². The molecule has 3 aromatic rings. The van der Waals surface area contributed by atoms with Crippen molar-refractivity contribution in [1.29, 1.82) is 0 Å². The standard InChI is InChI=1S/C18H18N2O2S2/c1-11-8-12(2)17-15(9-11)19-18(24-17)20-16(21)10-23-14-6-4-13(22-3)5-7-14/h4-9H,10H2,1-3H3,(H,19,20,21). The quantitative estimate of drug-likeness (QED) is 0.674. The van der Waals surface area contributed by atoms with E-state index in [1.807, 2.05) is 30.3 Å². The molecule has 1 N–H and O–H groups in total. The first-order valence-corrected chi connectivity index (χ1v) is 9.30. The number of benzene rings is 2. The van der Waals surface area contributed by atoms with Crippen LogP contribution in [0.1, 0.15) is 11.1 Å². The molecule has 0 aliphatic carbocycles. The van der Waals surface area contributed by atoms with Gasteiger partial charge in [-0.25, -0.2) is 4.98 Å². The number of hydrogen-bond acceptors (Lipinski definition) is 5. The molecular formula is C18H18N2O2S2. The third-order valence-corrected chi connectivity index (χ3v) is 5.63. The van der Waals surface area contributed by atoms with Crippen LogP contribution in [0, 0.1) is 13.8 Å². The van der Waals surface area contributed by atoms with Crippen molar-refractivity contribution in [3.8, 4) is 5.75 Å². The zero-order chi connectivity index (χ0) is 17.1. The second kappa shape index (κ2) is 7.23. The summed E-state index contributed by atoms with van der Waals surface area (Å²) >= 11 is 3.01. The van der Waals surface area contributed by atoms with E-state index in [0.29, 0.717) is 10.9 Å². The number of carbonyl (C=O) groups excluding carboxylic acids is 1. The minimum absolute atomic E-state index is 0.0516. The molecule has 24 heavy (non-hydrogen) atoms. The highest BCUT2D eigenvalue weighted by atomic mass is 32.2. The summed E-state index contributed by atoms with van der Waals surface area (Å²) in [5, 5.41) is 3.55. The SMILES string of the molecule is COc1ccc(SCC(=O)Nc2nc3cc(C)cc(C)c3s2)cc1. The van der Waals surface area contributed by atoms with Gasteiger partial charge in [0.2, 0.25) is 5.91 Å². The maximum absolute atomic E-state index is 12.1. The lowest BCUT2D eigenvalue weighted by Gasteiger charge is -2.03. The van der Waals surface area contributed by atoms with Gasteiger partial charge in [-0.2, -0.15) is 0 Å². The van der Waals surface area contributed by atoms with Crippen LogP contribution in [0.4, 0.5) is 5.13 Å². The van der Waals surface area contributed by atoms with Gasteiger partial charge in [0.05, 0.1) is 23.1 Å². The first-order chi connectivity index (χ1) is 11.5. The molecule has 0 fully saturated rings. The minimum Gasteiger partial charge on any atom is -0.497 e. The molecule has 0 saturated heterocycles. The molecule has 2 aromatic carbocycles. The number of hydrogen-bond donors (Lipinski definition) is 1. The summed E-state index contributed by atoms with van der Waals surface area (Å²) in [6.07, 6.45) is 0. The van der Waals surface area contributed by atoms with Crippen molar-refractivity contribution in [3.63, 3.8) is 0 Å². The summed E-state index contributed by atoms with van der Waals surface area (Å²) in [6, 6.07) is 11.8. The molecule has 0 spiro atoms. The second-order valence-corrected chi connectivity index (χ2v) is 7.51. The normalized spacial score (nSPS) is 10.8. The lowest BCUT2D eigenvalue weighted by Crippen LogP contribution is -2.13. The van der Waals surface area contributed by atoms with Crippen molar-refractivity contribution in [2.75, 3.05) is 18.2 Å². The number of ether oxygens (including phenoxy) is 1. The van der Waals surface area contributed by atoms with E-state index in [0.717, 1.165) is 20.9 Å². The van der Waals surface area contributed by atoms with E-state index in [4.69, 9.17) is 4.74 Å². The van der Waals surface area contributed by atoms with Crippen LogP contribution in [0.5, 0.6) is 5.75 Å². The van der Waals surface area contributed by atoms with Gasteiger partial charge < -0.3 is 10.1 Å². The molecule has 6 heteroatoms. The molecule has 3 rings (SSSR count). The number of thiazole rings is 1. The fourth-order valence-electron chi connectivity index (χ4n) is 2.41. The van der Waals surface area contributed by atoms with Gasteiger partial charge in [0.15, 0.2) is 5.13 Å². The molecule has 1 amide bonds. The van der Waals surface area contributed by atoms with E-state index < -0.39 is 0 Å². The number of aryl methyl sites for hydroxylation is 2. The van der Waals surface area contributed by atoms with Gasteiger partial charge in [-0.1, -0.05) is 17.4 Å². The first-order valence-electron chi connectivity index (χ1n) is 7.49. The number of rotatable bonds is 5. The highest BCUT2D eigenvalue weighted by molar-refractivity contribution is 8.00. The average Bonchev–Trinajstić information content (AvgIpc) is 2.96. The van der Waals surface area contributed by atoms with Gasteiger partial charge >= 0.3 is 0 Å². The Bertz CT molecular complexity index is 873. The summed E-state index contributed by atoms with van der Waals surface area (Å²) in [7, 11) is 1.64. The second-order valence-electron chi connectivity index (χ2n) is 5.46. The van der Waals surface area contributed by atoms with Crippen molar-refractivity contribution in [3.05, 3.63) is 47.5 Å². The van der Waals surface area contributed by atoms with Gasteiger partial charge in [-0.3, -0.25) is 4.79 Å². The minimum atomic E-state index is -0.0516. The van der Waals surface area contributed by atoms with Crippen LogP contribution in [-0.4, -0.2) is 23.8 Å². The molecule has 0 saturated carbocycles. The molecule has 4 nitrogen and oxygen atoms in total. The predicted octanol–water partition coefficient (Wildman–Crippen LogP) is 4.65. The fraction of sp³-hybridized carbons (Fsp3) is 0.222. The van der Waals surface area contributed by atoms with Crippen LogP contribution >= 0.6 is 23.1 Å². The summed E-state index contributed by atoms with van der Waals surface area (Å²) in [5.74, 6) is 1.11. The van der Waals surface area contributed by atoms with Crippen LogP contribution < -0.4 is 10.1 Å². The molecule has 0 atom stereocenters. The Kier molecular flexibility index (Phi) is 5.06. The maximum atomic E-state index is 12.1. The van der Waals surface area contributed by atoms with Gasteiger partial charge in [0.1, 0.15) is 5.75 Å². The van der Waals surface area contributed by atoms with E-state index in [-0.39, 0.29) is 5.91 Å². The molecule has 0 aliphatic rings. The zero-order valence-corrected chi connectivity index (χ0v) is 15.4. The Morgan fingerprint density at radius 3 is 2.71 bits per heavy atom. The van der Waals surface area contributed by atoms with Gasteiger partial charge in [0, 0.05) is 4.90 Å². The van der Waals surface area contributed by atoms with E-state index >= 15 is 0 Å². The molecule has 0 bridgehead atoms. The third-order valence-electron chi connectivity index (χ3n) is 3.50. The lowest BCUT2D eigenvalue weighted by molar-refractivity contribution is -0.113. The Morgan fingerprint density at radius 1 is 1.25 bits per heavy atom. The highest BCUT2D eigenvalue weighted by Crippen LogP contribution is 2.30. The predicted molar refractivity (Wildman–Crippen MR) is 101 cm³/mol. The smallest absolute Gasteiger partial charge is 0.236 e. The topological polar surface area (TPSA) is 51.2 Å². The lowest BCUT2D eigenvalue weighted by atomic mass is 10.1. The van der Waals surface area contributed by atoms with E-state index in [1.165, 1.54) is 34.2 Å². The number of anilines is 1. The van der Waals surface area contributed by atoms with Crippen LogP contribution in [-0.2, 0) is 4.79 Å². The number of aromatic nitrogens is 1. The van der Waals surface area contributed by atoms with Crippen molar-refractivity contribution < 1.29 is 9.53 Å². The van der Waals surface area contributed by atoms with Crippen molar-refractivity contribution >= 4 is 44.4 Å². The highest BCUT2D eigenvalue weighted by Gasteiger charge is 2.10. The van der Waals surface area contributed by atoms with Crippen molar-refractivity contribution in [2.45, 2.75) is 18.7 Å². The Hall–Kier alpha value is -2.05. The van der Waals surface area contributed by atoms with Gasteiger partial charge in [0.25, 0.3) is 0 Å². The largest absolute Gasteiger partial charge is 0.497 e. The molecular weight excluding hydrogens is 340 g/mol. The molecule has 0 radical (unpaired) electrons. The Balaban J connectivity index is 1.63. The van der Waals surface area contributed by atoms with Gasteiger partial charge in [-0.15, -0.1) is 11.8 Å². The number of nitrogens with one attached hydrogen (secondary N) is 1. The number of methoxy groups -OCH3 is 1. The number of fused-ring (bicyclic) bond motifs is 1. The molecule has 0 unspecified atom stereocenters. The number of carbonyl (C=O) groups is 1. The molecule has 0 aliphatic heterocycles. The first kappa shape index (κ1) is 16.8. The molecule has 1 heterocycles. The summed E-state index contributed by atoms with van der Waals surface area (Å²) < 4.78 is 6.25. The average molecular weight is 358 g/mol. The number of nitrogens with zero attached hydrogens (tertiary/aromatic N) is 1. The zero-order valence-electron chi connectivity index (χ0n) is 13.8. The van der Waals surface area contributed by atoms with Crippen LogP contribution in [0.25, 0.3) is 10.2 Å². The number of thioether (sulfide) groups is 1. The monoisotopic (exact) mass is 358 g/mol. The van der Waals surface area contributed by atoms with Crippen LogP contribution in [0.15, 0.2) is 41.3 Å². The summed E-state index contributed by atoms with van der Waals surface area (Å²) in [5.41, 5.74) is 3.31. The van der Waals surface area contributed by atoms with Crippen molar-refractivity contribution in [1.82, 2.24) is 4.98 Å². The Labute approximate surface area is 149 Å².